The summed E-state index contributed by atoms with van der Waals surface area (Å²) in [4.78, 5) is 39.6. The molecule has 1 fully saturated rings. The third kappa shape index (κ3) is 4.46. The van der Waals surface area contributed by atoms with Gasteiger partial charge in [-0.05, 0) is 25.0 Å². The third-order valence-corrected chi connectivity index (χ3v) is 4.03. The predicted molar refractivity (Wildman–Crippen MR) is 89.9 cm³/mol. The van der Waals surface area contributed by atoms with Gasteiger partial charge in [0.05, 0.1) is 6.54 Å². The van der Waals surface area contributed by atoms with Crippen LogP contribution >= 0.6 is 0 Å². The summed E-state index contributed by atoms with van der Waals surface area (Å²) >= 11 is 0. The molecule has 1 aromatic heterocycles. The molecule has 9 nitrogen and oxygen atoms in total. The molecule has 9 heteroatoms. The van der Waals surface area contributed by atoms with Gasteiger partial charge in [0.25, 0.3) is 5.91 Å². The fourth-order valence-corrected chi connectivity index (χ4v) is 2.83. The van der Waals surface area contributed by atoms with Gasteiger partial charge in [-0.1, -0.05) is 18.2 Å². The fourth-order valence-electron chi connectivity index (χ4n) is 2.83. The molecule has 0 aliphatic carbocycles. The molecule has 3 amide bonds. The summed E-state index contributed by atoms with van der Waals surface area (Å²) in [6.07, 6.45) is 1.64. The van der Waals surface area contributed by atoms with Crippen molar-refractivity contribution in [3.63, 3.8) is 0 Å². The number of benzene rings is 1. The average Bonchev–Trinajstić information content (AvgIpc) is 3.06. The van der Waals surface area contributed by atoms with Crippen molar-refractivity contribution in [3.05, 3.63) is 52.2 Å². The van der Waals surface area contributed by atoms with Crippen molar-refractivity contribution in [1.82, 2.24) is 30.7 Å². The maximum atomic E-state index is 12.5. The van der Waals surface area contributed by atoms with Gasteiger partial charge in [0.1, 0.15) is 5.82 Å². The maximum Gasteiger partial charge on any atom is 0.340 e. The van der Waals surface area contributed by atoms with Crippen LogP contribution in [0.25, 0.3) is 0 Å². The highest BCUT2D eigenvalue weighted by atomic mass is 16.2. The van der Waals surface area contributed by atoms with Crippen molar-refractivity contribution in [3.8, 4) is 0 Å². The van der Waals surface area contributed by atoms with Gasteiger partial charge in [0.2, 0.25) is 0 Å². The van der Waals surface area contributed by atoms with E-state index in [0.717, 1.165) is 12.8 Å². The van der Waals surface area contributed by atoms with Crippen LogP contribution in [0.5, 0.6) is 0 Å². The van der Waals surface area contributed by atoms with E-state index >= 15 is 0 Å². The summed E-state index contributed by atoms with van der Waals surface area (Å²) in [6.45, 7) is 1.27. The molecular weight excluding hydrogens is 324 g/mol. The molecule has 25 heavy (non-hydrogen) atoms. The van der Waals surface area contributed by atoms with E-state index in [9.17, 15) is 14.4 Å². The lowest BCUT2D eigenvalue weighted by Gasteiger charge is -2.33. The van der Waals surface area contributed by atoms with Gasteiger partial charge in [0.15, 0.2) is 0 Å². The summed E-state index contributed by atoms with van der Waals surface area (Å²) < 4.78 is 0. The molecular formula is C16H20N6O3. The molecule has 0 bridgehead atoms. The topological polar surface area (TPSA) is 123 Å². The molecule has 0 saturated carbocycles. The van der Waals surface area contributed by atoms with Crippen molar-refractivity contribution >= 4 is 11.9 Å². The number of aromatic amines is 2. The Labute approximate surface area is 143 Å². The molecule has 1 aliphatic rings. The number of hydrogen-bond donors (Lipinski definition) is 4. The highest BCUT2D eigenvalue weighted by Crippen LogP contribution is 2.13. The highest BCUT2D eigenvalue weighted by molar-refractivity contribution is 5.94. The van der Waals surface area contributed by atoms with Crippen molar-refractivity contribution < 1.29 is 9.59 Å². The van der Waals surface area contributed by atoms with Gasteiger partial charge in [0, 0.05) is 24.7 Å². The van der Waals surface area contributed by atoms with E-state index in [-0.39, 0.29) is 24.5 Å². The Morgan fingerprint density at radius 1 is 1.28 bits per heavy atom. The number of piperidine rings is 1. The van der Waals surface area contributed by atoms with E-state index < -0.39 is 5.69 Å². The van der Waals surface area contributed by atoms with Gasteiger partial charge in [-0.25, -0.2) is 14.7 Å². The molecule has 0 radical (unpaired) electrons. The van der Waals surface area contributed by atoms with E-state index in [1.807, 2.05) is 18.2 Å². The molecule has 1 saturated heterocycles. The Morgan fingerprint density at radius 2 is 2.08 bits per heavy atom. The van der Waals surface area contributed by atoms with Gasteiger partial charge >= 0.3 is 11.7 Å². The largest absolute Gasteiger partial charge is 0.340 e. The molecule has 2 aromatic rings. The number of rotatable bonds is 4. The molecule has 4 N–H and O–H groups in total. The summed E-state index contributed by atoms with van der Waals surface area (Å²) in [6, 6.07) is 8.64. The van der Waals surface area contributed by atoms with E-state index in [1.165, 1.54) is 0 Å². The summed E-state index contributed by atoms with van der Waals surface area (Å²) in [5, 5.41) is 11.4. The van der Waals surface area contributed by atoms with Gasteiger partial charge in [-0.15, -0.1) is 0 Å². The molecule has 2 heterocycles. The highest BCUT2D eigenvalue weighted by Gasteiger charge is 2.25. The van der Waals surface area contributed by atoms with Crippen LogP contribution < -0.4 is 16.3 Å². The predicted octanol–water partition coefficient (Wildman–Crippen LogP) is 0.202. The second-order valence-corrected chi connectivity index (χ2v) is 5.91. The SMILES string of the molecule is O=C(NCc1n[nH]c(=O)[nH]1)N[C@@H]1CCCN(C(=O)c2ccccc2)C1. The zero-order valence-electron chi connectivity index (χ0n) is 13.6. The first-order valence-electron chi connectivity index (χ1n) is 8.14. The maximum absolute atomic E-state index is 12.5. The first-order valence-corrected chi connectivity index (χ1v) is 8.14. The van der Waals surface area contributed by atoms with Crippen LogP contribution in [-0.4, -0.2) is 51.2 Å². The first kappa shape index (κ1) is 16.7. The van der Waals surface area contributed by atoms with E-state index in [1.54, 1.807) is 17.0 Å². The van der Waals surface area contributed by atoms with Gasteiger partial charge in [-0.2, -0.15) is 5.10 Å². The standard InChI is InChI=1S/C16H20N6O3/c23-14(11-5-2-1-3-6-11)22-8-4-7-12(10-22)18-15(24)17-9-13-19-16(25)21-20-13/h1-3,5-6,12H,4,7-10H2,(H2,17,18,24)(H2,19,20,21,25)/t12-/m1/s1. The van der Waals surface area contributed by atoms with Gasteiger partial charge in [-0.3, -0.25) is 9.78 Å². The van der Waals surface area contributed by atoms with Gasteiger partial charge < -0.3 is 15.5 Å². The molecule has 1 aliphatic heterocycles. The molecule has 132 valence electrons. The lowest BCUT2D eigenvalue weighted by molar-refractivity contribution is 0.0697. The fraction of sp³-hybridized carbons (Fsp3) is 0.375. The Kier molecular flexibility index (Phi) is 5.12. The average molecular weight is 344 g/mol. The lowest BCUT2D eigenvalue weighted by Crippen LogP contribution is -2.51. The number of H-pyrrole nitrogens is 2. The molecule has 0 unspecified atom stereocenters. The van der Waals surface area contributed by atoms with Crippen LogP contribution in [0.3, 0.4) is 0 Å². The van der Waals surface area contributed by atoms with Crippen molar-refractivity contribution in [2.75, 3.05) is 13.1 Å². The molecule has 1 aromatic carbocycles. The van der Waals surface area contributed by atoms with E-state index in [0.29, 0.717) is 24.5 Å². The number of urea groups is 1. The monoisotopic (exact) mass is 344 g/mol. The van der Waals surface area contributed by atoms with Crippen molar-refractivity contribution in [1.29, 1.82) is 0 Å². The van der Waals surface area contributed by atoms with Crippen LogP contribution in [0.2, 0.25) is 0 Å². The zero-order chi connectivity index (χ0) is 17.6. The third-order valence-electron chi connectivity index (χ3n) is 4.03. The minimum atomic E-state index is -0.417. The van der Waals surface area contributed by atoms with E-state index in [4.69, 9.17) is 0 Å². The number of nitrogens with zero attached hydrogens (tertiary/aromatic N) is 2. The van der Waals surface area contributed by atoms with Crippen molar-refractivity contribution in [2.24, 2.45) is 0 Å². The number of hydrogen-bond acceptors (Lipinski definition) is 4. The minimum absolute atomic E-state index is 0.0263. The minimum Gasteiger partial charge on any atom is -0.337 e. The summed E-state index contributed by atoms with van der Waals surface area (Å²) in [7, 11) is 0. The second-order valence-electron chi connectivity index (χ2n) is 5.91. The Bertz CT molecular complexity index is 784. The van der Waals surface area contributed by atoms with Crippen molar-refractivity contribution in [2.45, 2.75) is 25.4 Å². The number of carbonyl (C=O) groups is 2. The first-order chi connectivity index (χ1) is 12.1. The Morgan fingerprint density at radius 3 is 2.80 bits per heavy atom. The summed E-state index contributed by atoms with van der Waals surface area (Å²) in [5.41, 5.74) is 0.231. The number of aromatic nitrogens is 3. The van der Waals surface area contributed by atoms with E-state index in [2.05, 4.69) is 25.8 Å². The number of carbonyl (C=O) groups excluding carboxylic acids is 2. The lowest BCUT2D eigenvalue weighted by atomic mass is 10.0. The second kappa shape index (κ2) is 7.65. The van der Waals surface area contributed by atoms with Crippen LogP contribution in [0.4, 0.5) is 4.79 Å². The Hall–Kier alpha value is -3.10. The number of amides is 3. The molecule has 3 rings (SSSR count). The van der Waals surface area contributed by atoms with Crippen LogP contribution in [-0.2, 0) is 6.54 Å². The number of likely N-dealkylation sites (tertiary alicyclic amines) is 1. The van der Waals surface area contributed by atoms with Crippen LogP contribution in [0.1, 0.15) is 29.0 Å². The normalized spacial score (nSPS) is 17.1. The zero-order valence-corrected chi connectivity index (χ0v) is 13.6. The number of nitrogens with one attached hydrogen (secondary N) is 4. The quantitative estimate of drug-likeness (QED) is 0.633. The van der Waals surface area contributed by atoms with Crippen LogP contribution in [0, 0.1) is 0 Å². The Balaban J connectivity index is 1.50. The van der Waals surface area contributed by atoms with Crippen LogP contribution in [0.15, 0.2) is 35.1 Å². The molecule has 0 spiro atoms. The smallest absolute Gasteiger partial charge is 0.337 e. The molecule has 1 atom stereocenters. The summed E-state index contributed by atoms with van der Waals surface area (Å²) in [5.74, 6) is 0.325.